The Morgan fingerprint density at radius 1 is 0.650 bits per heavy atom. The Labute approximate surface area is 145 Å². The lowest BCUT2D eigenvalue weighted by Crippen LogP contribution is -2.05. The summed E-state index contributed by atoms with van der Waals surface area (Å²) in [6, 6.07) is 3.23. The molecule has 2 aromatic carbocycles. The van der Waals surface area contributed by atoms with E-state index in [-0.39, 0.29) is 10.0 Å². The van der Waals surface area contributed by atoms with Gasteiger partial charge in [0.05, 0.1) is 30.1 Å². The summed E-state index contributed by atoms with van der Waals surface area (Å²) in [6.07, 6.45) is 0.441. The predicted octanol–water partition coefficient (Wildman–Crippen LogP) is 7.30. The second-order valence-electron chi connectivity index (χ2n) is 4.20. The van der Waals surface area contributed by atoms with Gasteiger partial charge in [-0.3, -0.25) is 0 Å². The van der Waals surface area contributed by atoms with Crippen LogP contribution in [0, 0.1) is 0 Å². The van der Waals surface area contributed by atoms with Gasteiger partial charge in [0.1, 0.15) is 11.5 Å². The fourth-order valence-corrected chi connectivity index (χ4v) is 3.37. The van der Waals surface area contributed by atoms with Crippen molar-refractivity contribution in [1.82, 2.24) is 0 Å². The summed E-state index contributed by atoms with van der Waals surface area (Å²) in [5.74, 6) is 1.07. The van der Waals surface area contributed by atoms with Crippen molar-refractivity contribution < 1.29 is 4.74 Å². The van der Waals surface area contributed by atoms with Gasteiger partial charge in [0.25, 0.3) is 0 Å². The molecule has 1 aliphatic rings. The van der Waals surface area contributed by atoms with Gasteiger partial charge in [-0.2, -0.15) is 0 Å². The lowest BCUT2D eigenvalue weighted by Gasteiger charge is -2.23. The van der Waals surface area contributed by atoms with Crippen molar-refractivity contribution in [2.24, 2.45) is 0 Å². The molecule has 0 radical (unpaired) electrons. The summed E-state index contributed by atoms with van der Waals surface area (Å²) in [5, 5.41) is 1.92. The fraction of sp³-hybridized carbons (Fsp3) is 0.0769. The standard InChI is InChI=1S/C13H4Cl6O/c14-6-2-8-4(10(16)12(6)18)1-5-9(20-8)3-7(15)13(19)11(5)17/h2-3H,1H2. The van der Waals surface area contributed by atoms with Crippen molar-refractivity contribution >= 4 is 69.6 Å². The van der Waals surface area contributed by atoms with Crippen LogP contribution in [0.1, 0.15) is 11.1 Å². The number of ether oxygens (including phenoxy) is 1. The van der Waals surface area contributed by atoms with E-state index in [9.17, 15) is 0 Å². The first-order valence-electron chi connectivity index (χ1n) is 5.40. The molecule has 0 amide bonds. The molecule has 104 valence electrons. The lowest BCUT2D eigenvalue weighted by atomic mass is 10.00. The third-order valence-electron chi connectivity index (χ3n) is 3.02. The molecule has 0 saturated carbocycles. The van der Waals surface area contributed by atoms with Gasteiger partial charge in [0.15, 0.2) is 0 Å². The summed E-state index contributed by atoms with van der Waals surface area (Å²) < 4.78 is 5.76. The molecule has 0 aliphatic carbocycles. The minimum Gasteiger partial charge on any atom is -0.457 e. The van der Waals surface area contributed by atoms with Gasteiger partial charge in [-0.25, -0.2) is 0 Å². The number of hydrogen-bond acceptors (Lipinski definition) is 1. The first kappa shape index (κ1) is 14.9. The monoisotopic (exact) mass is 386 g/mol. The Morgan fingerprint density at radius 2 is 1.05 bits per heavy atom. The van der Waals surface area contributed by atoms with Crippen molar-refractivity contribution in [3.63, 3.8) is 0 Å². The first-order valence-corrected chi connectivity index (χ1v) is 7.67. The summed E-state index contributed by atoms with van der Waals surface area (Å²) >= 11 is 36.5. The summed E-state index contributed by atoms with van der Waals surface area (Å²) in [6.45, 7) is 0. The quantitative estimate of drug-likeness (QED) is 0.367. The molecule has 0 fully saturated rings. The largest absolute Gasteiger partial charge is 0.457 e. The topological polar surface area (TPSA) is 9.23 Å². The SMILES string of the molecule is Clc1cc2c(c(Cl)c1Cl)Cc1c(cc(Cl)c(Cl)c1Cl)O2. The number of fused-ring (bicyclic) bond motifs is 2. The molecular formula is C13H4Cl6O. The van der Waals surface area contributed by atoms with Crippen LogP contribution in [-0.2, 0) is 6.42 Å². The third-order valence-corrected chi connectivity index (χ3v) is 5.62. The highest BCUT2D eigenvalue weighted by atomic mass is 35.5. The van der Waals surface area contributed by atoms with E-state index in [2.05, 4.69) is 0 Å². The van der Waals surface area contributed by atoms with Crippen LogP contribution in [0.25, 0.3) is 0 Å². The van der Waals surface area contributed by atoms with Crippen LogP contribution < -0.4 is 4.74 Å². The van der Waals surface area contributed by atoms with E-state index in [0.29, 0.717) is 49.1 Å². The molecular weight excluding hydrogens is 385 g/mol. The van der Waals surface area contributed by atoms with Crippen LogP contribution in [0.5, 0.6) is 11.5 Å². The molecule has 0 N–H and O–H groups in total. The van der Waals surface area contributed by atoms with Crippen LogP contribution in [0.15, 0.2) is 12.1 Å². The van der Waals surface area contributed by atoms with Crippen molar-refractivity contribution in [2.75, 3.05) is 0 Å². The maximum absolute atomic E-state index is 6.21. The highest BCUT2D eigenvalue weighted by molar-refractivity contribution is 6.49. The number of halogens is 6. The van der Waals surface area contributed by atoms with Crippen LogP contribution in [0.3, 0.4) is 0 Å². The molecule has 1 aliphatic heterocycles. The van der Waals surface area contributed by atoms with E-state index >= 15 is 0 Å². The van der Waals surface area contributed by atoms with Crippen LogP contribution in [-0.4, -0.2) is 0 Å². The molecule has 0 saturated heterocycles. The number of benzene rings is 2. The average Bonchev–Trinajstić information content (AvgIpc) is 2.41. The van der Waals surface area contributed by atoms with Gasteiger partial charge in [0.2, 0.25) is 0 Å². The second-order valence-corrected chi connectivity index (χ2v) is 6.53. The lowest BCUT2D eigenvalue weighted by molar-refractivity contribution is 0.460. The highest BCUT2D eigenvalue weighted by Gasteiger charge is 2.26. The van der Waals surface area contributed by atoms with Crippen LogP contribution >= 0.6 is 69.6 Å². The van der Waals surface area contributed by atoms with Crippen molar-refractivity contribution in [1.29, 1.82) is 0 Å². The Hall–Kier alpha value is -0.0200. The van der Waals surface area contributed by atoms with E-state index in [0.717, 1.165) is 0 Å². The molecule has 0 aromatic heterocycles. The van der Waals surface area contributed by atoms with E-state index in [1.807, 2.05) is 0 Å². The zero-order chi connectivity index (χ0) is 14.6. The number of rotatable bonds is 0. The van der Waals surface area contributed by atoms with Gasteiger partial charge >= 0.3 is 0 Å². The maximum Gasteiger partial charge on any atom is 0.134 e. The summed E-state index contributed by atoms with van der Waals surface area (Å²) in [7, 11) is 0. The predicted molar refractivity (Wildman–Crippen MR) is 85.8 cm³/mol. The zero-order valence-corrected chi connectivity index (χ0v) is 14.1. The van der Waals surface area contributed by atoms with E-state index in [1.54, 1.807) is 12.1 Å². The molecule has 1 heterocycles. The van der Waals surface area contributed by atoms with Crippen molar-refractivity contribution in [3.8, 4) is 11.5 Å². The van der Waals surface area contributed by atoms with Gasteiger partial charge in [0, 0.05) is 29.7 Å². The molecule has 1 nitrogen and oxygen atoms in total. The van der Waals surface area contributed by atoms with E-state index in [4.69, 9.17) is 74.3 Å². The highest BCUT2D eigenvalue weighted by Crippen LogP contribution is 2.49. The Kier molecular flexibility index (Phi) is 3.96. The van der Waals surface area contributed by atoms with Crippen molar-refractivity contribution in [3.05, 3.63) is 53.4 Å². The molecule has 0 unspecified atom stereocenters. The molecule has 0 atom stereocenters. The molecule has 0 spiro atoms. The summed E-state index contributed by atoms with van der Waals surface area (Å²) in [5.41, 5.74) is 1.43. The number of hydrogen-bond donors (Lipinski definition) is 0. The van der Waals surface area contributed by atoms with Gasteiger partial charge < -0.3 is 4.74 Å². The van der Waals surface area contributed by atoms with Gasteiger partial charge in [-0.15, -0.1) is 0 Å². The zero-order valence-electron chi connectivity index (χ0n) is 9.54. The summed E-state index contributed by atoms with van der Waals surface area (Å²) in [4.78, 5) is 0. The normalized spacial score (nSPS) is 12.7. The first-order chi connectivity index (χ1) is 9.40. The fourth-order valence-electron chi connectivity index (χ4n) is 2.03. The van der Waals surface area contributed by atoms with E-state index < -0.39 is 0 Å². The minimum atomic E-state index is 0.287. The molecule has 0 bridgehead atoms. The second kappa shape index (κ2) is 5.31. The molecule has 3 rings (SSSR count). The molecule has 2 aromatic rings. The van der Waals surface area contributed by atoms with Crippen LogP contribution in [0.2, 0.25) is 30.1 Å². The minimum absolute atomic E-state index is 0.287. The average molecular weight is 389 g/mol. The van der Waals surface area contributed by atoms with E-state index in [1.165, 1.54) is 0 Å². The smallest absolute Gasteiger partial charge is 0.134 e. The third kappa shape index (κ3) is 2.25. The van der Waals surface area contributed by atoms with Crippen molar-refractivity contribution in [2.45, 2.75) is 6.42 Å². The van der Waals surface area contributed by atoms with Gasteiger partial charge in [-0.1, -0.05) is 69.6 Å². The van der Waals surface area contributed by atoms with Gasteiger partial charge in [-0.05, 0) is 0 Å². The maximum atomic E-state index is 6.21. The Balaban J connectivity index is 2.22. The molecule has 20 heavy (non-hydrogen) atoms. The Bertz CT molecular complexity index is 679. The molecule has 7 heteroatoms. The van der Waals surface area contributed by atoms with Crippen LogP contribution in [0.4, 0.5) is 0 Å². The Morgan fingerprint density at radius 3 is 1.45 bits per heavy atom.